The van der Waals surface area contributed by atoms with E-state index in [4.69, 9.17) is 31.8 Å². The Morgan fingerprint density at radius 1 is 0.867 bits per heavy atom. The van der Waals surface area contributed by atoms with Crippen LogP contribution in [-0.2, 0) is 11.2 Å². The van der Waals surface area contributed by atoms with Gasteiger partial charge in [0.1, 0.15) is 28.9 Å². The number of ether oxygens (including phenoxy) is 2. The first kappa shape index (κ1) is 35.3. The van der Waals surface area contributed by atoms with Crippen LogP contribution in [0, 0.1) is 10.8 Å². The van der Waals surface area contributed by atoms with Crippen molar-refractivity contribution in [2.45, 2.75) is 21.8 Å². The standard InChI is InChI=1S/C15H17N3O3S2.C15H17N3O2S2/c1-21-9-3-4-11(19)8(5-9)6-13(20)18-10-7-12(14(16)17)23-15(10)22-2;1-3-20-10-6-4-9(5-7-10)14(19)18-11-8-12(13(16)17)22-15(11)21-2/h3-5,7,19H,6H2,1-2H3,(H3,16,17)(H,18,20);4-8H,3H2,1-2H3,(H3,16,17)(H,18,19). The van der Waals surface area contributed by atoms with Gasteiger partial charge in [-0.3, -0.25) is 20.4 Å². The normalized spacial score (nSPS) is 10.3. The summed E-state index contributed by atoms with van der Waals surface area (Å²) in [5.74, 6) is 0.852. The molecule has 9 N–H and O–H groups in total. The minimum absolute atomic E-state index is 0.00173. The quantitative estimate of drug-likeness (QED) is 0.0527. The first-order valence-electron chi connectivity index (χ1n) is 13.2. The molecule has 238 valence electrons. The maximum Gasteiger partial charge on any atom is 0.255 e. The molecule has 0 aliphatic rings. The summed E-state index contributed by atoms with van der Waals surface area (Å²) in [5.41, 5.74) is 13.3. The predicted molar refractivity (Wildman–Crippen MR) is 187 cm³/mol. The topological polar surface area (TPSA) is 197 Å². The zero-order valence-electron chi connectivity index (χ0n) is 25.0. The number of carbonyl (C=O) groups excluding carboxylic acids is 2. The maximum atomic E-state index is 12.3. The lowest BCUT2D eigenvalue weighted by atomic mass is 10.1. The fraction of sp³-hybridized carbons (Fsp3) is 0.200. The fourth-order valence-electron chi connectivity index (χ4n) is 3.75. The molecule has 0 spiro atoms. The van der Waals surface area contributed by atoms with Crippen LogP contribution in [-0.4, -0.2) is 54.8 Å². The van der Waals surface area contributed by atoms with Crippen LogP contribution >= 0.6 is 46.2 Å². The molecule has 0 radical (unpaired) electrons. The minimum Gasteiger partial charge on any atom is -0.508 e. The smallest absolute Gasteiger partial charge is 0.255 e. The molecule has 0 saturated carbocycles. The number of hydrogen-bond acceptors (Lipinski definition) is 11. The third-order valence-corrected chi connectivity index (χ3v) is 10.5. The average Bonchev–Trinajstić information content (AvgIpc) is 3.63. The highest BCUT2D eigenvalue weighted by Crippen LogP contribution is 2.36. The van der Waals surface area contributed by atoms with E-state index in [1.54, 1.807) is 48.5 Å². The molecule has 45 heavy (non-hydrogen) atoms. The van der Waals surface area contributed by atoms with Gasteiger partial charge in [-0.25, -0.2) is 0 Å². The molecule has 0 fully saturated rings. The second kappa shape index (κ2) is 16.8. The van der Waals surface area contributed by atoms with Crippen molar-refractivity contribution in [2.24, 2.45) is 11.5 Å². The first-order chi connectivity index (χ1) is 21.5. The number of thioether (sulfide) groups is 2. The molecule has 4 rings (SSSR count). The van der Waals surface area contributed by atoms with Crippen molar-refractivity contribution >= 4 is 81.1 Å². The number of carbonyl (C=O) groups is 2. The van der Waals surface area contributed by atoms with E-state index < -0.39 is 0 Å². The lowest BCUT2D eigenvalue weighted by Crippen LogP contribution is -2.14. The predicted octanol–water partition coefficient (Wildman–Crippen LogP) is 6.05. The SMILES string of the molecule is CCOc1ccc(C(=O)Nc2cc(C(=N)N)sc2SC)cc1.COc1ccc(O)c(CC(=O)Nc2cc(C(=N)N)sc2SC)c1. The zero-order valence-corrected chi connectivity index (χ0v) is 28.2. The van der Waals surface area contributed by atoms with Crippen LogP contribution in [0.25, 0.3) is 0 Å². The molecule has 0 saturated heterocycles. The van der Waals surface area contributed by atoms with Crippen LogP contribution in [0.3, 0.4) is 0 Å². The average molecular weight is 687 g/mol. The van der Waals surface area contributed by atoms with Crippen molar-refractivity contribution in [1.82, 2.24) is 0 Å². The number of nitrogens with two attached hydrogens (primary N) is 2. The van der Waals surface area contributed by atoms with Gasteiger partial charge >= 0.3 is 0 Å². The largest absolute Gasteiger partial charge is 0.508 e. The molecule has 0 atom stereocenters. The van der Waals surface area contributed by atoms with Crippen molar-refractivity contribution in [1.29, 1.82) is 10.8 Å². The molecule has 11 nitrogen and oxygen atoms in total. The Hall–Kier alpha value is -4.18. The summed E-state index contributed by atoms with van der Waals surface area (Å²) in [7, 11) is 1.52. The van der Waals surface area contributed by atoms with E-state index in [1.807, 2.05) is 19.4 Å². The van der Waals surface area contributed by atoms with Crippen molar-refractivity contribution < 1.29 is 24.2 Å². The summed E-state index contributed by atoms with van der Waals surface area (Å²) >= 11 is 5.73. The zero-order chi connectivity index (χ0) is 33.1. The third-order valence-electron chi connectivity index (χ3n) is 5.89. The number of thiophene rings is 2. The van der Waals surface area contributed by atoms with Gasteiger partial charge in [0.05, 0.1) is 49.7 Å². The number of amides is 2. The van der Waals surface area contributed by atoms with Crippen LogP contribution in [0.15, 0.2) is 63.0 Å². The summed E-state index contributed by atoms with van der Waals surface area (Å²) in [6.07, 6.45) is 3.82. The summed E-state index contributed by atoms with van der Waals surface area (Å²) in [6, 6.07) is 15.1. The molecule has 2 aromatic carbocycles. The Balaban J connectivity index is 0.000000246. The fourth-order valence-corrected chi connectivity index (χ4v) is 7.03. The molecule has 0 unspecified atom stereocenters. The van der Waals surface area contributed by atoms with Crippen LogP contribution in [0.1, 0.15) is 32.6 Å². The van der Waals surface area contributed by atoms with Gasteiger partial charge in [0, 0.05) is 11.1 Å². The summed E-state index contributed by atoms with van der Waals surface area (Å²) in [4.78, 5) is 25.8. The number of anilines is 2. The van der Waals surface area contributed by atoms with Gasteiger partial charge in [-0.1, -0.05) is 0 Å². The molecular formula is C30H34N6O5S4. The Kier molecular flexibility index (Phi) is 13.2. The minimum atomic E-state index is -0.267. The number of nitrogen functional groups attached to an aromatic ring is 2. The highest BCUT2D eigenvalue weighted by atomic mass is 32.2. The number of rotatable bonds is 12. The maximum absolute atomic E-state index is 12.3. The lowest BCUT2D eigenvalue weighted by molar-refractivity contribution is -0.115. The molecule has 15 heteroatoms. The van der Waals surface area contributed by atoms with E-state index in [-0.39, 0.29) is 35.7 Å². The van der Waals surface area contributed by atoms with Gasteiger partial charge in [0.25, 0.3) is 5.91 Å². The van der Waals surface area contributed by atoms with Crippen molar-refractivity contribution in [3.63, 3.8) is 0 Å². The molecule has 0 aliphatic carbocycles. The number of methoxy groups -OCH3 is 1. The van der Waals surface area contributed by atoms with E-state index in [0.29, 0.717) is 44.6 Å². The van der Waals surface area contributed by atoms with Crippen LogP contribution in [0.4, 0.5) is 11.4 Å². The van der Waals surface area contributed by atoms with Gasteiger partial charge in [-0.05, 0) is 74.0 Å². The molecule has 2 heterocycles. The van der Waals surface area contributed by atoms with Gasteiger partial charge in [0.15, 0.2) is 0 Å². The Morgan fingerprint density at radius 3 is 1.89 bits per heavy atom. The summed E-state index contributed by atoms with van der Waals surface area (Å²) < 4.78 is 12.2. The van der Waals surface area contributed by atoms with Crippen molar-refractivity contribution in [2.75, 3.05) is 36.9 Å². The van der Waals surface area contributed by atoms with Crippen molar-refractivity contribution in [3.8, 4) is 17.2 Å². The highest BCUT2D eigenvalue weighted by molar-refractivity contribution is 8.00. The lowest BCUT2D eigenvalue weighted by Gasteiger charge is -2.08. The third kappa shape index (κ3) is 9.91. The van der Waals surface area contributed by atoms with E-state index in [2.05, 4.69) is 10.6 Å². The molecule has 0 bridgehead atoms. The number of hydrogen-bond donors (Lipinski definition) is 7. The van der Waals surface area contributed by atoms with Gasteiger partial charge in [0.2, 0.25) is 5.91 Å². The van der Waals surface area contributed by atoms with E-state index in [1.165, 1.54) is 59.4 Å². The number of aromatic hydroxyl groups is 1. The second-order valence-corrected chi connectivity index (χ2v) is 13.2. The molecule has 0 aliphatic heterocycles. The molecule has 2 aromatic heterocycles. The second-order valence-electron chi connectivity index (χ2n) is 8.99. The van der Waals surface area contributed by atoms with Crippen LogP contribution < -0.4 is 31.6 Å². The first-order valence-corrected chi connectivity index (χ1v) is 17.3. The molecular weight excluding hydrogens is 653 g/mol. The number of phenols is 1. The monoisotopic (exact) mass is 686 g/mol. The number of amidine groups is 2. The highest BCUT2D eigenvalue weighted by Gasteiger charge is 2.16. The van der Waals surface area contributed by atoms with Crippen LogP contribution in [0.2, 0.25) is 0 Å². The number of benzene rings is 2. The number of nitrogens with one attached hydrogen (secondary N) is 4. The Morgan fingerprint density at radius 2 is 1.40 bits per heavy atom. The van der Waals surface area contributed by atoms with Gasteiger partial charge < -0.3 is 36.7 Å². The Labute approximate surface area is 277 Å². The van der Waals surface area contributed by atoms with Crippen LogP contribution in [0.5, 0.6) is 17.2 Å². The van der Waals surface area contributed by atoms with E-state index >= 15 is 0 Å². The van der Waals surface area contributed by atoms with Gasteiger partial charge in [-0.2, -0.15) is 0 Å². The molecule has 2 amide bonds. The van der Waals surface area contributed by atoms with Gasteiger partial charge in [-0.15, -0.1) is 46.2 Å². The van der Waals surface area contributed by atoms with E-state index in [0.717, 1.165) is 14.2 Å². The molecule has 4 aromatic rings. The Bertz CT molecular complexity index is 1670. The number of phenolic OH excluding ortho intramolecular Hbond substituents is 1. The summed E-state index contributed by atoms with van der Waals surface area (Å²) in [6.45, 7) is 2.50. The van der Waals surface area contributed by atoms with Crippen molar-refractivity contribution in [3.05, 3.63) is 75.5 Å². The van der Waals surface area contributed by atoms with E-state index in [9.17, 15) is 14.7 Å². The summed E-state index contributed by atoms with van der Waals surface area (Å²) in [5, 5.41) is 30.5.